The lowest BCUT2D eigenvalue weighted by molar-refractivity contribution is 0.103. The summed E-state index contributed by atoms with van der Waals surface area (Å²) < 4.78 is 1.62. The van der Waals surface area contributed by atoms with Gasteiger partial charge in [-0.25, -0.2) is 0 Å². The Labute approximate surface area is 110 Å². The van der Waals surface area contributed by atoms with E-state index in [1.807, 2.05) is 31.2 Å². The molecule has 4 heteroatoms. The van der Waals surface area contributed by atoms with Crippen LogP contribution in [0.5, 0.6) is 0 Å². The molecule has 0 saturated carbocycles. The van der Waals surface area contributed by atoms with Crippen molar-refractivity contribution in [2.45, 2.75) is 6.92 Å². The number of aromatic nitrogens is 3. The maximum absolute atomic E-state index is 12.4. The predicted octanol–water partition coefficient (Wildman–Crippen LogP) is 2.51. The fourth-order valence-electron chi connectivity index (χ4n) is 2.19. The predicted molar refractivity (Wildman–Crippen MR) is 73.1 cm³/mol. The average Bonchev–Trinajstić information content (AvgIpc) is 2.76. The molecule has 4 nitrogen and oxygen atoms in total. The Balaban J connectivity index is 2.09. The molecule has 0 aliphatic heterocycles. The highest BCUT2D eigenvalue weighted by Crippen LogP contribution is 2.16. The standard InChI is InChI=1S/C15H13N3O/c1-10-8-14(18(2)17-10)15(19)12-5-6-13-11(9-12)4-3-7-16-13/h3-9H,1-2H3. The molecule has 0 radical (unpaired) electrons. The zero-order valence-corrected chi connectivity index (χ0v) is 10.8. The Kier molecular flexibility index (Phi) is 2.63. The smallest absolute Gasteiger partial charge is 0.211 e. The molecule has 2 aromatic heterocycles. The van der Waals surface area contributed by atoms with Crippen molar-refractivity contribution < 1.29 is 4.79 Å². The molecule has 0 spiro atoms. The number of nitrogens with zero attached hydrogens (tertiary/aromatic N) is 3. The zero-order chi connectivity index (χ0) is 13.4. The topological polar surface area (TPSA) is 47.8 Å². The van der Waals surface area contributed by atoms with Crippen molar-refractivity contribution in [3.8, 4) is 0 Å². The zero-order valence-electron chi connectivity index (χ0n) is 10.8. The third-order valence-corrected chi connectivity index (χ3v) is 3.10. The highest BCUT2D eigenvalue weighted by Gasteiger charge is 2.14. The van der Waals surface area contributed by atoms with Gasteiger partial charge >= 0.3 is 0 Å². The minimum absolute atomic E-state index is 0.0196. The van der Waals surface area contributed by atoms with Crippen LogP contribution in [0.4, 0.5) is 0 Å². The fourth-order valence-corrected chi connectivity index (χ4v) is 2.19. The quantitative estimate of drug-likeness (QED) is 0.657. The van der Waals surface area contributed by atoms with Crippen LogP contribution < -0.4 is 0 Å². The van der Waals surface area contributed by atoms with Crippen LogP contribution in [0.2, 0.25) is 0 Å². The summed E-state index contributed by atoms with van der Waals surface area (Å²) in [4.78, 5) is 16.7. The first-order valence-corrected chi connectivity index (χ1v) is 6.05. The number of fused-ring (bicyclic) bond motifs is 1. The van der Waals surface area contributed by atoms with Gasteiger partial charge in [-0.1, -0.05) is 6.07 Å². The van der Waals surface area contributed by atoms with Crippen LogP contribution in [0.1, 0.15) is 21.7 Å². The molecule has 0 atom stereocenters. The summed E-state index contributed by atoms with van der Waals surface area (Å²) in [5.74, 6) is -0.0196. The molecule has 3 rings (SSSR count). The van der Waals surface area contributed by atoms with Gasteiger partial charge in [0.2, 0.25) is 5.78 Å². The lowest BCUT2D eigenvalue weighted by Crippen LogP contribution is -2.08. The Morgan fingerprint density at radius 3 is 2.79 bits per heavy atom. The van der Waals surface area contributed by atoms with Crippen LogP contribution in [0.25, 0.3) is 10.9 Å². The monoisotopic (exact) mass is 251 g/mol. The first kappa shape index (κ1) is 11.6. The first-order chi connectivity index (χ1) is 9.15. The molecule has 0 N–H and O–H groups in total. The number of hydrogen-bond acceptors (Lipinski definition) is 3. The minimum Gasteiger partial charge on any atom is -0.287 e. The Hall–Kier alpha value is -2.49. The lowest BCUT2D eigenvalue weighted by Gasteiger charge is -2.03. The largest absolute Gasteiger partial charge is 0.287 e. The van der Waals surface area contributed by atoms with Crippen LogP contribution in [0.3, 0.4) is 0 Å². The summed E-state index contributed by atoms with van der Waals surface area (Å²) in [6.07, 6.45) is 1.74. The number of aryl methyl sites for hydroxylation is 2. The molecule has 0 aliphatic carbocycles. The Bertz CT molecular complexity index is 774. The molecular weight excluding hydrogens is 238 g/mol. The molecule has 0 bridgehead atoms. The first-order valence-electron chi connectivity index (χ1n) is 6.05. The molecule has 0 saturated heterocycles. The highest BCUT2D eigenvalue weighted by atomic mass is 16.1. The van der Waals surface area contributed by atoms with Crippen molar-refractivity contribution >= 4 is 16.7 Å². The van der Waals surface area contributed by atoms with E-state index in [1.165, 1.54) is 0 Å². The average molecular weight is 251 g/mol. The summed E-state index contributed by atoms with van der Waals surface area (Å²) in [5.41, 5.74) is 2.98. The third kappa shape index (κ3) is 2.01. The van der Waals surface area contributed by atoms with E-state index in [0.717, 1.165) is 16.6 Å². The number of rotatable bonds is 2. The molecule has 3 aromatic rings. The number of hydrogen-bond donors (Lipinski definition) is 0. The molecule has 2 heterocycles. The van der Waals surface area contributed by atoms with E-state index in [1.54, 1.807) is 30.1 Å². The summed E-state index contributed by atoms with van der Waals surface area (Å²) >= 11 is 0. The van der Waals surface area contributed by atoms with Crippen molar-refractivity contribution in [2.24, 2.45) is 7.05 Å². The maximum atomic E-state index is 12.4. The van der Waals surface area contributed by atoms with Crippen molar-refractivity contribution in [1.29, 1.82) is 0 Å². The van der Waals surface area contributed by atoms with Crippen molar-refractivity contribution in [3.05, 3.63) is 59.5 Å². The van der Waals surface area contributed by atoms with Gasteiger partial charge in [0, 0.05) is 24.2 Å². The van der Waals surface area contributed by atoms with Gasteiger partial charge in [0.15, 0.2) is 0 Å². The fraction of sp³-hybridized carbons (Fsp3) is 0.133. The van der Waals surface area contributed by atoms with E-state index >= 15 is 0 Å². The van der Waals surface area contributed by atoms with Crippen molar-refractivity contribution in [2.75, 3.05) is 0 Å². The molecule has 0 aliphatic rings. The second-order valence-corrected chi connectivity index (χ2v) is 4.53. The SMILES string of the molecule is Cc1cc(C(=O)c2ccc3ncccc3c2)n(C)n1. The van der Waals surface area contributed by atoms with Crippen LogP contribution >= 0.6 is 0 Å². The Morgan fingerprint density at radius 1 is 1.21 bits per heavy atom. The van der Waals surface area contributed by atoms with E-state index in [2.05, 4.69) is 10.1 Å². The Morgan fingerprint density at radius 2 is 2.05 bits per heavy atom. The number of pyridine rings is 1. The van der Waals surface area contributed by atoms with Gasteiger partial charge in [-0.05, 0) is 37.3 Å². The molecule has 19 heavy (non-hydrogen) atoms. The normalized spacial score (nSPS) is 10.8. The van der Waals surface area contributed by atoms with Gasteiger partial charge in [-0.3, -0.25) is 14.5 Å². The molecular formula is C15H13N3O. The third-order valence-electron chi connectivity index (χ3n) is 3.10. The number of ketones is 1. The van der Waals surface area contributed by atoms with Crippen molar-refractivity contribution in [3.63, 3.8) is 0 Å². The summed E-state index contributed by atoms with van der Waals surface area (Å²) in [6.45, 7) is 1.88. The van der Waals surface area contributed by atoms with E-state index in [0.29, 0.717) is 11.3 Å². The lowest BCUT2D eigenvalue weighted by atomic mass is 10.1. The number of benzene rings is 1. The van der Waals surface area contributed by atoms with Gasteiger partial charge in [0.05, 0.1) is 11.2 Å². The summed E-state index contributed by atoms with van der Waals surface area (Å²) in [7, 11) is 1.78. The van der Waals surface area contributed by atoms with Gasteiger partial charge in [0.1, 0.15) is 5.69 Å². The molecule has 1 aromatic carbocycles. The van der Waals surface area contributed by atoms with Crippen molar-refractivity contribution in [1.82, 2.24) is 14.8 Å². The van der Waals surface area contributed by atoms with Crippen LogP contribution in [-0.4, -0.2) is 20.5 Å². The van der Waals surface area contributed by atoms with Crippen LogP contribution in [0.15, 0.2) is 42.6 Å². The van der Waals surface area contributed by atoms with Crippen LogP contribution in [-0.2, 0) is 7.05 Å². The van der Waals surface area contributed by atoms with Gasteiger partial charge in [0.25, 0.3) is 0 Å². The number of carbonyl (C=O) groups is 1. The summed E-state index contributed by atoms with van der Waals surface area (Å²) in [5, 5.41) is 5.17. The highest BCUT2D eigenvalue weighted by molar-refractivity contribution is 6.09. The van der Waals surface area contributed by atoms with Crippen LogP contribution in [0, 0.1) is 6.92 Å². The van der Waals surface area contributed by atoms with Gasteiger partial charge in [-0.2, -0.15) is 5.10 Å². The van der Waals surface area contributed by atoms with E-state index < -0.39 is 0 Å². The van der Waals surface area contributed by atoms with Gasteiger partial charge < -0.3 is 0 Å². The molecule has 0 unspecified atom stereocenters. The second-order valence-electron chi connectivity index (χ2n) is 4.53. The van der Waals surface area contributed by atoms with Gasteiger partial charge in [-0.15, -0.1) is 0 Å². The molecule has 0 fully saturated rings. The van der Waals surface area contributed by atoms with E-state index in [-0.39, 0.29) is 5.78 Å². The second kappa shape index (κ2) is 4.31. The van der Waals surface area contributed by atoms with E-state index in [9.17, 15) is 4.79 Å². The summed E-state index contributed by atoms with van der Waals surface area (Å²) in [6, 6.07) is 11.2. The molecule has 0 amide bonds. The molecule has 94 valence electrons. The minimum atomic E-state index is -0.0196. The maximum Gasteiger partial charge on any atom is 0.211 e. The number of carbonyl (C=O) groups excluding carboxylic acids is 1. The van der Waals surface area contributed by atoms with E-state index in [4.69, 9.17) is 0 Å².